The maximum absolute atomic E-state index is 8.26. The first kappa shape index (κ1) is 38.9. The van der Waals surface area contributed by atoms with Gasteiger partial charge in [-0.1, -0.05) is 23.6 Å². The predicted octanol–water partition coefficient (Wildman–Crippen LogP) is 1.32. The molecule has 16 heteroatoms. The van der Waals surface area contributed by atoms with E-state index in [-0.39, 0.29) is 27.0 Å². The van der Waals surface area contributed by atoms with E-state index in [9.17, 15) is 0 Å². The van der Waals surface area contributed by atoms with Crippen molar-refractivity contribution < 1.29 is 64.4 Å². The minimum absolute atomic E-state index is 0. The van der Waals surface area contributed by atoms with E-state index in [0.717, 1.165) is 0 Å². The van der Waals surface area contributed by atoms with Crippen molar-refractivity contribution >= 4 is 86.5 Å². The average molecular weight is 604 g/mol. The molecule has 0 bridgehead atoms. The van der Waals surface area contributed by atoms with Crippen molar-refractivity contribution in [1.82, 2.24) is 0 Å². The molecule has 0 aliphatic rings. The van der Waals surface area contributed by atoms with E-state index in [1.54, 1.807) is 0 Å². The summed E-state index contributed by atoms with van der Waals surface area (Å²) in [5, 5.41) is 0. The molecule has 0 aromatic heterocycles. The summed E-state index contributed by atoms with van der Waals surface area (Å²) in [4.78, 5) is 0. The first-order valence-electron chi connectivity index (χ1n) is 3.43. The van der Waals surface area contributed by atoms with Crippen LogP contribution in [0.2, 0.25) is 0 Å². The molecule has 0 N–H and O–H groups in total. The van der Waals surface area contributed by atoms with Crippen molar-refractivity contribution in [3.05, 3.63) is 0 Å². The first-order valence-corrected chi connectivity index (χ1v) is 12.4. The van der Waals surface area contributed by atoms with Gasteiger partial charge in [0.2, 0.25) is 0 Å². The Morgan fingerprint density at radius 2 is 0.800 bits per heavy atom. The Labute approximate surface area is 177 Å². The van der Waals surface area contributed by atoms with Crippen LogP contribution in [0, 0.1) is 0 Å². The van der Waals surface area contributed by atoms with Gasteiger partial charge in [-0.3, -0.25) is 0 Å². The Hall–Kier alpha value is 3.52. The van der Waals surface area contributed by atoms with E-state index in [1.165, 1.54) is 28.4 Å². The molecule has 0 aromatic rings. The molecule has 0 unspecified atom stereocenters. The summed E-state index contributed by atoms with van der Waals surface area (Å²) in [6.07, 6.45) is 0. The fourth-order valence-corrected chi connectivity index (χ4v) is 0.447. The van der Waals surface area contributed by atoms with Gasteiger partial charge in [-0.2, -0.15) is 0 Å². The smallest absolute Gasteiger partial charge is 0.813 e. The number of hydrogen-bond donors (Lipinski definition) is 0. The van der Waals surface area contributed by atoms with Crippen molar-refractivity contribution in [3.8, 4) is 0 Å². The molecule has 0 fully saturated rings. The van der Waals surface area contributed by atoms with E-state index < -0.39 is 11.4 Å². The van der Waals surface area contributed by atoms with Crippen LogP contribution in [0.25, 0.3) is 0 Å². The van der Waals surface area contributed by atoms with Crippen molar-refractivity contribution in [2.45, 2.75) is 0 Å². The minimum Gasteiger partial charge on any atom is -0.813 e. The second-order valence-corrected chi connectivity index (χ2v) is 12.0. The molecule has 0 spiro atoms. The topological polar surface area (TPSA) is 71.1 Å². The van der Waals surface area contributed by atoms with Crippen molar-refractivity contribution in [3.63, 3.8) is 0 Å². The van der Waals surface area contributed by atoms with Crippen LogP contribution in [-0.2, 0) is 140 Å². The molecule has 0 atom stereocenters. The molecule has 0 radical (unpaired) electrons. The summed E-state index contributed by atoms with van der Waals surface area (Å²) < 4.78 is 34.9. The summed E-state index contributed by atoms with van der Waals surface area (Å²) >= 11 is 19.9. The number of rotatable bonds is 4. The van der Waals surface area contributed by atoms with Gasteiger partial charge in [0.15, 0.2) is 0 Å². The van der Waals surface area contributed by atoms with Crippen molar-refractivity contribution in [2.24, 2.45) is 0 Å². The van der Waals surface area contributed by atoms with Gasteiger partial charge in [0.05, 0.1) is 11.4 Å². The summed E-state index contributed by atoms with van der Waals surface area (Å²) in [7, 11) is 5.82. The zero-order chi connectivity index (χ0) is 15.8. The maximum atomic E-state index is 8.26. The molecule has 0 saturated carbocycles. The zero-order valence-corrected chi connectivity index (χ0v) is 21.5. The summed E-state index contributed by atoms with van der Waals surface area (Å²) in [5.74, 6) is 0. The molecule has 0 amide bonds. The molecule has 0 aliphatic carbocycles. The Morgan fingerprint density at radius 3 is 0.800 bits per heavy atom. The predicted molar refractivity (Wildman–Crippen MR) is 90.2 cm³/mol. The van der Waals surface area contributed by atoms with E-state index >= 15 is 0 Å². The zero-order valence-electron chi connectivity index (χ0n) is 10.7. The molecule has 0 aromatic carbocycles. The van der Waals surface area contributed by atoms with Crippen LogP contribution in [0.15, 0.2) is 0 Å². The second-order valence-electron chi connectivity index (χ2n) is 1.62. The molecular weight excluding hydrogens is 590 g/mol. The van der Waals surface area contributed by atoms with Crippen molar-refractivity contribution in [1.29, 1.82) is 0 Å². The van der Waals surface area contributed by atoms with Gasteiger partial charge in [-0.25, -0.2) is 0 Å². The third-order valence-electron chi connectivity index (χ3n) is 0.894. The van der Waals surface area contributed by atoms with Crippen LogP contribution in [0.4, 0.5) is 0 Å². The normalized spacial score (nSPS) is 8.70. The largest absolute Gasteiger partial charge is 0.813 e. The third-order valence-corrected chi connectivity index (χ3v) is 6.26. The Kier molecular flexibility index (Phi) is 53.2. The van der Waals surface area contributed by atoms with E-state index in [0.29, 0.717) is 39.6 Å². The maximum Gasteiger partial charge on any atom is -0.813 e. The Morgan fingerprint density at radius 1 is 0.700 bits per heavy atom. The standard InChI is InChI=1S/2C2H7O2PS2.2Mo.2O.2H2S/c2*1-3-5(6,7)4-2;;;;;;/h2*1-2H3,(H,6,7);;;;;2*1H2/p-4. The van der Waals surface area contributed by atoms with Gasteiger partial charge in [-0.15, -0.1) is 0 Å². The third kappa shape index (κ3) is 37.6. The quantitative estimate of drug-likeness (QED) is 0.201. The summed E-state index contributed by atoms with van der Waals surface area (Å²) in [6, 6.07) is 0. The fraction of sp³-hybridized carbons (Fsp3) is 1.00. The van der Waals surface area contributed by atoms with Crippen LogP contribution < -0.4 is 0 Å². The molecule has 0 saturated heterocycles. The number of hydrogen-bond acceptors (Lipinski definition) is 12. The van der Waals surface area contributed by atoms with Gasteiger partial charge in [-0.05, 0) is 0 Å². The second kappa shape index (κ2) is 27.4. The SMILES string of the molecule is COP(=S)([S-])OC.COP(=S)([S-])OC.[O]=[Mo].[O]=[Mo].[SH-].[SH-]. The van der Waals surface area contributed by atoms with Gasteiger partial charge in [0, 0.05) is 28.4 Å². The summed E-state index contributed by atoms with van der Waals surface area (Å²) in [5.41, 5.74) is -4.48. The monoisotopic (exact) mass is 608 g/mol. The van der Waals surface area contributed by atoms with Gasteiger partial charge in [0.1, 0.15) is 0 Å². The molecule has 0 rings (SSSR count). The van der Waals surface area contributed by atoms with Crippen LogP contribution >= 0.6 is 11.4 Å². The molecule has 128 valence electrons. The molecule has 20 heavy (non-hydrogen) atoms. The average Bonchev–Trinajstić information content (AvgIpc) is 2.44. The molecular formula is C4H14Mo2O6P2S6-4. The summed E-state index contributed by atoms with van der Waals surface area (Å²) in [6.45, 7) is 0. The molecule has 0 aliphatic heterocycles. The van der Waals surface area contributed by atoms with E-state index in [1.807, 2.05) is 0 Å². The van der Waals surface area contributed by atoms with Crippen LogP contribution in [-0.4, -0.2) is 28.4 Å². The molecule has 6 nitrogen and oxygen atoms in total. The van der Waals surface area contributed by atoms with E-state index in [4.69, 9.17) is 6.80 Å². The Bertz CT molecular complexity index is 234. The fourth-order valence-electron chi connectivity index (χ4n) is 0.149. The van der Waals surface area contributed by atoms with Crippen molar-refractivity contribution in [2.75, 3.05) is 28.4 Å². The van der Waals surface area contributed by atoms with Crippen LogP contribution in [0.1, 0.15) is 0 Å². The van der Waals surface area contributed by atoms with Gasteiger partial charge < -0.3 is 69.6 Å². The minimum atomic E-state index is -2.24. The van der Waals surface area contributed by atoms with Crippen LogP contribution in [0.3, 0.4) is 0 Å². The number of thiol groups is 2. The van der Waals surface area contributed by atoms with Gasteiger partial charge in [0.25, 0.3) is 0 Å². The Balaban J connectivity index is -0.0000000362. The van der Waals surface area contributed by atoms with E-state index in [2.05, 4.69) is 66.2 Å². The van der Waals surface area contributed by atoms with Crippen LogP contribution in [0.5, 0.6) is 0 Å². The first-order chi connectivity index (χ1) is 8.24. The van der Waals surface area contributed by atoms with Gasteiger partial charge >= 0.3 is 46.3 Å². The molecule has 0 heterocycles.